The van der Waals surface area contributed by atoms with Crippen LogP contribution in [0.15, 0.2) is 0 Å². The average Bonchev–Trinajstić information content (AvgIpc) is 2.29. The van der Waals surface area contributed by atoms with Crippen LogP contribution in [0, 0.1) is 0 Å². The maximum Gasteiger partial charge on any atom is 0.415 e. The van der Waals surface area contributed by atoms with E-state index in [0.29, 0.717) is 19.3 Å². The van der Waals surface area contributed by atoms with Crippen molar-refractivity contribution in [3.63, 3.8) is 0 Å². The van der Waals surface area contributed by atoms with Crippen LogP contribution in [-0.4, -0.2) is 33.8 Å². The molecule has 1 aliphatic carbocycles. The molecule has 0 radical (unpaired) electrons. The van der Waals surface area contributed by atoms with Crippen LogP contribution >= 0.6 is 12.0 Å². The molecule has 0 bridgehead atoms. The van der Waals surface area contributed by atoms with E-state index in [1.807, 2.05) is 0 Å². The number of hydrogen-bond donors (Lipinski definition) is 2. The minimum atomic E-state index is -4.01. The van der Waals surface area contributed by atoms with Gasteiger partial charge in [-0.1, -0.05) is 11.5 Å². The number of carbonyl (C=O) groups is 1. The van der Waals surface area contributed by atoms with Gasteiger partial charge < -0.3 is 9.84 Å². The molecule has 0 amide bonds. The highest BCUT2D eigenvalue weighted by molar-refractivity contribution is 7.96. The molecule has 0 saturated heterocycles. The normalized spacial score (nSPS) is 25.6. The number of aliphatic hydroxyl groups is 1. The molecule has 2 unspecified atom stereocenters. The van der Waals surface area contributed by atoms with Crippen LogP contribution in [-0.2, 0) is 18.9 Å². The van der Waals surface area contributed by atoms with E-state index in [-0.39, 0.29) is 0 Å². The van der Waals surface area contributed by atoms with Gasteiger partial charge in [0.25, 0.3) is 0 Å². The van der Waals surface area contributed by atoms with Crippen LogP contribution in [0.2, 0.25) is 0 Å². The molecule has 0 spiro atoms. The van der Waals surface area contributed by atoms with Gasteiger partial charge in [-0.15, -0.1) is 4.33 Å². The van der Waals surface area contributed by atoms with Crippen molar-refractivity contribution >= 4 is 18.0 Å². The number of halogens is 2. The average molecular weight is 274 g/mol. The van der Waals surface area contributed by atoms with E-state index in [1.54, 1.807) is 0 Å². The SMILES string of the molecule is O=C(OC1CCCCC1O)C(F)(F)SOOO. The quantitative estimate of drug-likeness (QED) is 0.340. The summed E-state index contributed by atoms with van der Waals surface area (Å²) in [7, 11) is 0. The molecule has 6 nitrogen and oxygen atoms in total. The topological polar surface area (TPSA) is 85.2 Å². The fraction of sp³-hybridized carbons (Fsp3) is 0.875. The summed E-state index contributed by atoms with van der Waals surface area (Å²) in [6.07, 6.45) is 0.352. The highest BCUT2D eigenvalue weighted by atomic mass is 32.2. The third-order valence-electron chi connectivity index (χ3n) is 2.33. The van der Waals surface area contributed by atoms with E-state index >= 15 is 0 Å². The molecule has 0 aliphatic heterocycles. The lowest BCUT2D eigenvalue weighted by atomic mass is 9.95. The highest BCUT2D eigenvalue weighted by Gasteiger charge is 2.46. The zero-order chi connectivity index (χ0) is 12.9. The van der Waals surface area contributed by atoms with Crippen molar-refractivity contribution < 1.29 is 38.0 Å². The van der Waals surface area contributed by atoms with Gasteiger partial charge in [-0.05, 0) is 19.3 Å². The Morgan fingerprint density at radius 3 is 2.59 bits per heavy atom. The third-order valence-corrected chi connectivity index (χ3v) is 2.84. The summed E-state index contributed by atoms with van der Waals surface area (Å²) in [6.45, 7) is 0. The van der Waals surface area contributed by atoms with Gasteiger partial charge >= 0.3 is 11.2 Å². The Bertz CT molecular complexity index is 264. The van der Waals surface area contributed by atoms with Gasteiger partial charge in [0.05, 0.1) is 6.10 Å². The van der Waals surface area contributed by atoms with Gasteiger partial charge in [0.1, 0.15) is 18.1 Å². The molecule has 0 aromatic heterocycles. The highest BCUT2D eigenvalue weighted by Crippen LogP contribution is 2.33. The van der Waals surface area contributed by atoms with E-state index in [9.17, 15) is 18.7 Å². The molecule has 2 N–H and O–H groups in total. The summed E-state index contributed by atoms with van der Waals surface area (Å²) in [5.74, 6) is -1.84. The van der Waals surface area contributed by atoms with Crippen molar-refractivity contribution in [1.82, 2.24) is 0 Å². The first kappa shape index (κ1) is 14.6. The molecule has 1 rings (SSSR count). The van der Waals surface area contributed by atoms with Gasteiger partial charge in [0.2, 0.25) is 0 Å². The molecule has 9 heteroatoms. The van der Waals surface area contributed by atoms with Gasteiger partial charge in [0.15, 0.2) is 0 Å². The second-order valence-electron chi connectivity index (χ2n) is 3.54. The fourth-order valence-electron chi connectivity index (χ4n) is 1.51. The van der Waals surface area contributed by atoms with Gasteiger partial charge in [-0.3, -0.25) is 0 Å². The van der Waals surface area contributed by atoms with Crippen LogP contribution in [0.3, 0.4) is 0 Å². The molecule has 1 saturated carbocycles. The molecule has 0 aromatic rings. The molecule has 1 aliphatic rings. The van der Waals surface area contributed by atoms with Gasteiger partial charge in [-0.2, -0.15) is 8.78 Å². The standard InChI is InChI=1S/C8H12F2O6S/c9-8(10,17-16-15-13)7(12)14-6-4-2-1-3-5(6)11/h5-6,11,13H,1-4H2. The first-order valence-electron chi connectivity index (χ1n) is 4.90. The number of rotatable bonds is 5. The van der Waals surface area contributed by atoms with E-state index in [0.717, 1.165) is 6.42 Å². The van der Waals surface area contributed by atoms with Crippen molar-refractivity contribution in [2.75, 3.05) is 0 Å². The van der Waals surface area contributed by atoms with Crippen LogP contribution < -0.4 is 0 Å². The van der Waals surface area contributed by atoms with Crippen molar-refractivity contribution in [3.05, 3.63) is 0 Å². The number of ether oxygens (including phenoxy) is 1. The Balaban J connectivity index is 2.46. The maximum absolute atomic E-state index is 13.0. The Hall–Kier alpha value is -0.480. The smallest absolute Gasteiger partial charge is 0.415 e. The molecule has 1 fully saturated rings. The Labute approximate surface area is 99.9 Å². The molecule has 0 aromatic carbocycles. The summed E-state index contributed by atoms with van der Waals surface area (Å²) in [6, 6.07) is 0. The van der Waals surface area contributed by atoms with Crippen molar-refractivity contribution in [2.45, 2.75) is 43.1 Å². The van der Waals surface area contributed by atoms with Gasteiger partial charge in [0, 0.05) is 0 Å². The summed E-state index contributed by atoms with van der Waals surface area (Å²) in [5.41, 5.74) is 0. The Morgan fingerprint density at radius 1 is 1.35 bits per heavy atom. The minimum Gasteiger partial charge on any atom is -0.454 e. The monoisotopic (exact) mass is 274 g/mol. The second kappa shape index (κ2) is 6.45. The minimum absolute atomic E-state index is 0.338. The number of alkyl halides is 2. The predicted octanol–water partition coefficient (Wildman–Crippen LogP) is 1.50. The lowest BCUT2D eigenvalue weighted by Crippen LogP contribution is -2.38. The van der Waals surface area contributed by atoms with Crippen LogP contribution in [0.25, 0.3) is 0 Å². The molecule has 17 heavy (non-hydrogen) atoms. The van der Waals surface area contributed by atoms with E-state index in [2.05, 4.69) is 14.1 Å². The number of aliphatic hydroxyl groups excluding tert-OH is 1. The lowest BCUT2D eigenvalue weighted by molar-refractivity contribution is -0.433. The summed E-state index contributed by atoms with van der Waals surface area (Å²) >= 11 is -0.685. The van der Waals surface area contributed by atoms with Crippen molar-refractivity contribution in [1.29, 1.82) is 0 Å². The Morgan fingerprint density at radius 2 is 2.00 bits per heavy atom. The second-order valence-corrected chi connectivity index (χ2v) is 4.35. The number of esters is 1. The maximum atomic E-state index is 13.0. The van der Waals surface area contributed by atoms with E-state index < -0.39 is 35.5 Å². The van der Waals surface area contributed by atoms with E-state index in [4.69, 9.17) is 5.26 Å². The summed E-state index contributed by atoms with van der Waals surface area (Å²) < 4.78 is 33.9. The molecule has 0 heterocycles. The lowest BCUT2D eigenvalue weighted by Gasteiger charge is -2.28. The summed E-state index contributed by atoms with van der Waals surface area (Å²) in [4.78, 5) is 11.1. The number of hydrogen-bond acceptors (Lipinski definition) is 7. The first-order valence-corrected chi connectivity index (χ1v) is 5.64. The van der Waals surface area contributed by atoms with Crippen LogP contribution in [0.4, 0.5) is 8.78 Å². The zero-order valence-electron chi connectivity index (χ0n) is 8.67. The number of carbonyl (C=O) groups excluding carboxylic acids is 1. The van der Waals surface area contributed by atoms with E-state index in [1.165, 1.54) is 0 Å². The largest absolute Gasteiger partial charge is 0.454 e. The van der Waals surface area contributed by atoms with Crippen molar-refractivity contribution in [3.8, 4) is 0 Å². The first-order chi connectivity index (χ1) is 7.97. The van der Waals surface area contributed by atoms with Crippen molar-refractivity contribution in [2.24, 2.45) is 0 Å². The molecule has 100 valence electrons. The Kier molecular flexibility index (Phi) is 5.53. The third kappa shape index (κ3) is 4.36. The fourth-order valence-corrected chi connectivity index (χ4v) is 1.74. The molecular formula is C8H12F2O6S. The summed E-state index contributed by atoms with van der Waals surface area (Å²) in [5, 5.41) is 16.1. The molecular weight excluding hydrogens is 262 g/mol. The van der Waals surface area contributed by atoms with Crippen LogP contribution in [0.5, 0.6) is 0 Å². The zero-order valence-corrected chi connectivity index (χ0v) is 9.49. The molecule has 2 atom stereocenters. The van der Waals surface area contributed by atoms with Gasteiger partial charge in [-0.25, -0.2) is 10.1 Å². The van der Waals surface area contributed by atoms with Crippen LogP contribution in [0.1, 0.15) is 25.7 Å². The predicted molar refractivity (Wildman–Crippen MR) is 51.7 cm³/mol.